The van der Waals surface area contributed by atoms with Crippen LogP contribution >= 0.6 is 0 Å². The first kappa shape index (κ1) is 38.7. The standard InChI is InChI=1S/C31H47N5O11/c1-17(2)11-25(38)34-22(7-6-10-33-31(32)44)28(41)35-21-9-8-19(16-45-30(43)18(3)4)12-23(21)46-27-14-20(37)13-24(47-27)29(42)36(5)15-26(39)40/h8-9,12,17-18,20,22,24,27,37H,6-7,10-11,13-16H2,1-5H3,(H,34,38)(H,35,41)(H,39,40)(H3,32,33,44). The van der Waals surface area contributed by atoms with Gasteiger partial charge in [-0.15, -0.1) is 0 Å². The molecule has 0 saturated carbocycles. The van der Waals surface area contributed by atoms with Crippen LogP contribution in [0.2, 0.25) is 0 Å². The van der Waals surface area contributed by atoms with Gasteiger partial charge in [-0.25, -0.2) is 4.79 Å². The van der Waals surface area contributed by atoms with E-state index in [0.717, 1.165) is 4.90 Å². The highest BCUT2D eigenvalue weighted by atomic mass is 16.7. The number of aliphatic hydroxyl groups excluding tert-OH is 1. The van der Waals surface area contributed by atoms with Crippen LogP contribution in [0.3, 0.4) is 0 Å². The number of benzene rings is 1. The molecule has 1 aromatic rings. The summed E-state index contributed by atoms with van der Waals surface area (Å²) in [5.41, 5.74) is 5.77. The zero-order valence-electron chi connectivity index (χ0n) is 27.4. The number of carboxylic acid groups (broad SMARTS) is 1. The van der Waals surface area contributed by atoms with Crippen LogP contribution < -0.4 is 26.4 Å². The lowest BCUT2D eigenvalue weighted by molar-refractivity contribution is -0.190. The molecule has 0 aromatic heterocycles. The van der Waals surface area contributed by atoms with Crippen LogP contribution in [0.15, 0.2) is 18.2 Å². The van der Waals surface area contributed by atoms with Crippen LogP contribution in [-0.2, 0) is 40.1 Å². The van der Waals surface area contributed by atoms with Gasteiger partial charge in [-0.2, -0.15) is 0 Å². The normalized spacial score (nSPS) is 18.2. The molecule has 4 unspecified atom stereocenters. The van der Waals surface area contributed by atoms with Gasteiger partial charge in [0.2, 0.25) is 18.1 Å². The lowest BCUT2D eigenvalue weighted by atomic mass is 10.0. The first-order chi connectivity index (χ1) is 22.0. The van der Waals surface area contributed by atoms with E-state index < -0.39 is 60.9 Å². The highest BCUT2D eigenvalue weighted by Gasteiger charge is 2.36. The highest BCUT2D eigenvalue weighted by Crippen LogP contribution is 2.31. The van der Waals surface area contributed by atoms with Gasteiger partial charge in [0, 0.05) is 32.9 Å². The number of nitrogens with zero attached hydrogens (tertiary/aromatic N) is 1. The number of anilines is 1. The van der Waals surface area contributed by atoms with Crippen molar-refractivity contribution in [3.05, 3.63) is 23.8 Å². The summed E-state index contributed by atoms with van der Waals surface area (Å²) in [6.45, 7) is 6.60. The number of carbonyl (C=O) groups excluding carboxylic acids is 5. The Bertz CT molecular complexity index is 1270. The van der Waals surface area contributed by atoms with E-state index in [1.807, 2.05) is 13.8 Å². The summed E-state index contributed by atoms with van der Waals surface area (Å²) < 4.78 is 17.2. The van der Waals surface area contributed by atoms with Gasteiger partial charge in [-0.3, -0.25) is 24.0 Å². The van der Waals surface area contributed by atoms with Gasteiger partial charge in [-0.05, 0) is 36.5 Å². The molecule has 1 aliphatic heterocycles. The SMILES string of the molecule is CC(C)CC(=O)NC(CCCNC(N)=O)C(=O)Nc1ccc(COC(=O)C(C)C)cc1OC1CC(O)CC(C(=O)N(C)CC(=O)O)O1. The lowest BCUT2D eigenvalue weighted by Gasteiger charge is -2.34. The predicted octanol–water partition coefficient (Wildman–Crippen LogP) is 1.09. The van der Waals surface area contributed by atoms with E-state index in [9.17, 15) is 33.9 Å². The van der Waals surface area contributed by atoms with Crippen LogP contribution in [-0.4, -0.2) is 95.5 Å². The number of aliphatic carboxylic acids is 1. The van der Waals surface area contributed by atoms with Gasteiger partial charge in [-0.1, -0.05) is 33.8 Å². The minimum Gasteiger partial charge on any atom is -0.480 e. The van der Waals surface area contributed by atoms with Crippen molar-refractivity contribution in [2.24, 2.45) is 17.6 Å². The van der Waals surface area contributed by atoms with Gasteiger partial charge in [0.05, 0.1) is 17.7 Å². The minimum absolute atomic E-state index is 0.0399. The second-order valence-corrected chi connectivity index (χ2v) is 12.1. The van der Waals surface area contributed by atoms with Gasteiger partial charge in [0.1, 0.15) is 31.0 Å². The van der Waals surface area contributed by atoms with E-state index >= 15 is 0 Å². The Kier molecular flexibility index (Phi) is 15.4. The third-order valence-electron chi connectivity index (χ3n) is 6.92. The number of hydrogen-bond donors (Lipinski definition) is 6. The summed E-state index contributed by atoms with van der Waals surface area (Å²) in [6.07, 6.45) is -2.86. The molecule has 2 rings (SSSR count). The third kappa shape index (κ3) is 13.8. The lowest BCUT2D eigenvalue weighted by Crippen LogP contribution is -2.48. The average Bonchev–Trinajstić information content (AvgIpc) is 2.96. The number of carbonyl (C=O) groups is 6. The summed E-state index contributed by atoms with van der Waals surface area (Å²) >= 11 is 0. The maximum absolute atomic E-state index is 13.5. The van der Waals surface area contributed by atoms with Crippen LogP contribution in [0.1, 0.15) is 65.4 Å². The van der Waals surface area contributed by atoms with Crippen molar-refractivity contribution in [1.82, 2.24) is 15.5 Å². The van der Waals surface area contributed by atoms with Crippen molar-refractivity contribution >= 4 is 41.4 Å². The molecule has 1 saturated heterocycles. The summed E-state index contributed by atoms with van der Waals surface area (Å²) in [4.78, 5) is 74.1. The number of nitrogens with one attached hydrogen (secondary N) is 3. The quantitative estimate of drug-likeness (QED) is 0.102. The molecule has 16 nitrogen and oxygen atoms in total. The zero-order valence-corrected chi connectivity index (χ0v) is 27.4. The Labute approximate surface area is 273 Å². The summed E-state index contributed by atoms with van der Waals surface area (Å²) in [5.74, 6) is -3.50. The number of esters is 1. The molecule has 5 amide bonds. The van der Waals surface area contributed by atoms with E-state index in [4.69, 9.17) is 25.1 Å². The van der Waals surface area contributed by atoms with E-state index in [-0.39, 0.29) is 68.0 Å². The average molecular weight is 666 g/mol. The largest absolute Gasteiger partial charge is 0.480 e. The Balaban J connectivity index is 2.34. The monoisotopic (exact) mass is 665 g/mol. The van der Waals surface area contributed by atoms with Gasteiger partial charge >= 0.3 is 18.0 Å². The number of urea groups is 1. The predicted molar refractivity (Wildman–Crippen MR) is 168 cm³/mol. The van der Waals surface area contributed by atoms with Crippen molar-refractivity contribution in [3.8, 4) is 5.75 Å². The smallest absolute Gasteiger partial charge is 0.323 e. The number of nitrogens with two attached hydrogens (primary N) is 1. The number of amides is 5. The minimum atomic E-state index is -1.22. The van der Waals surface area contributed by atoms with E-state index in [2.05, 4.69) is 16.0 Å². The number of hydrogen-bond acceptors (Lipinski definition) is 10. The molecule has 1 aliphatic rings. The maximum atomic E-state index is 13.5. The van der Waals surface area contributed by atoms with Crippen LogP contribution in [0.5, 0.6) is 5.75 Å². The van der Waals surface area contributed by atoms with Crippen LogP contribution in [0.4, 0.5) is 10.5 Å². The molecule has 47 heavy (non-hydrogen) atoms. The Hall–Kier alpha value is -4.44. The van der Waals surface area contributed by atoms with Gasteiger partial charge < -0.3 is 51.0 Å². The Morgan fingerprint density at radius 1 is 1.11 bits per heavy atom. The summed E-state index contributed by atoms with van der Waals surface area (Å²) in [7, 11) is 1.30. The molecule has 0 spiro atoms. The molecular formula is C31H47N5O11. The topological polar surface area (TPSA) is 236 Å². The molecule has 1 fully saturated rings. The second kappa shape index (κ2) is 18.6. The number of aliphatic hydroxyl groups is 1. The fourth-order valence-electron chi connectivity index (χ4n) is 4.57. The molecule has 16 heteroatoms. The van der Waals surface area contributed by atoms with Crippen LogP contribution in [0, 0.1) is 11.8 Å². The second-order valence-electron chi connectivity index (χ2n) is 12.1. The first-order valence-electron chi connectivity index (χ1n) is 15.5. The molecule has 4 atom stereocenters. The van der Waals surface area contributed by atoms with Crippen molar-refractivity contribution in [2.75, 3.05) is 25.5 Å². The van der Waals surface area contributed by atoms with Crippen molar-refractivity contribution < 1.29 is 53.2 Å². The number of primary amides is 1. The Morgan fingerprint density at radius 3 is 2.43 bits per heavy atom. The molecule has 1 aromatic carbocycles. The first-order valence-corrected chi connectivity index (χ1v) is 15.5. The van der Waals surface area contributed by atoms with E-state index in [0.29, 0.717) is 12.0 Å². The molecule has 0 aliphatic carbocycles. The highest BCUT2D eigenvalue weighted by molar-refractivity contribution is 5.98. The van der Waals surface area contributed by atoms with Crippen LogP contribution in [0.25, 0.3) is 0 Å². The summed E-state index contributed by atoms with van der Waals surface area (Å²) in [6, 6.07) is 2.90. The Morgan fingerprint density at radius 2 is 1.81 bits per heavy atom. The summed E-state index contributed by atoms with van der Waals surface area (Å²) in [5, 5.41) is 27.5. The van der Waals surface area contributed by atoms with Crippen molar-refractivity contribution in [2.45, 2.75) is 90.9 Å². The number of likely N-dealkylation sites (N-methyl/N-ethyl adjacent to an activating group) is 1. The van der Waals surface area contributed by atoms with Crippen molar-refractivity contribution in [1.29, 1.82) is 0 Å². The molecule has 262 valence electrons. The van der Waals surface area contributed by atoms with Crippen molar-refractivity contribution in [3.63, 3.8) is 0 Å². The third-order valence-corrected chi connectivity index (χ3v) is 6.92. The fraction of sp³-hybridized carbons (Fsp3) is 0.613. The zero-order chi connectivity index (χ0) is 35.3. The number of ether oxygens (including phenoxy) is 3. The molecule has 0 radical (unpaired) electrons. The molecule has 7 N–H and O–H groups in total. The molecular weight excluding hydrogens is 618 g/mol. The van der Waals surface area contributed by atoms with Gasteiger partial charge in [0.15, 0.2) is 0 Å². The van der Waals surface area contributed by atoms with Gasteiger partial charge in [0.25, 0.3) is 5.91 Å². The molecule has 1 heterocycles. The van der Waals surface area contributed by atoms with E-state index in [1.54, 1.807) is 19.9 Å². The number of rotatable bonds is 17. The number of carboxylic acids is 1. The molecule has 0 bridgehead atoms. The fourth-order valence-corrected chi connectivity index (χ4v) is 4.57. The maximum Gasteiger partial charge on any atom is 0.323 e. The van der Waals surface area contributed by atoms with E-state index in [1.165, 1.54) is 19.2 Å².